The first kappa shape index (κ1) is 12.8. The molecule has 98 valence electrons. The van der Waals surface area contributed by atoms with Gasteiger partial charge in [-0.15, -0.1) is 0 Å². The molecule has 0 radical (unpaired) electrons. The Bertz CT molecular complexity index is 402. The Morgan fingerprint density at radius 1 is 1.39 bits per heavy atom. The van der Waals surface area contributed by atoms with E-state index in [0.717, 1.165) is 13.1 Å². The molecule has 1 heterocycles. The first-order valence-corrected chi connectivity index (χ1v) is 6.63. The largest absolute Gasteiger partial charge is 0.369 e. The number of carbonyl (C=O) groups excluding carboxylic acids is 1. The van der Waals surface area contributed by atoms with Crippen LogP contribution in [0.4, 0.5) is 5.82 Å². The third-order valence-electron chi connectivity index (χ3n) is 3.25. The van der Waals surface area contributed by atoms with E-state index in [0.29, 0.717) is 17.4 Å². The monoisotopic (exact) mass is 248 g/mol. The average molecular weight is 248 g/mol. The molecular formula is C13H20N4O. The van der Waals surface area contributed by atoms with Crippen LogP contribution in [0, 0.1) is 5.92 Å². The lowest BCUT2D eigenvalue weighted by molar-refractivity contribution is 0.0942. The number of amides is 1. The summed E-state index contributed by atoms with van der Waals surface area (Å²) in [6, 6.07) is 0. The van der Waals surface area contributed by atoms with Crippen molar-refractivity contribution in [2.45, 2.75) is 32.6 Å². The number of anilines is 1. The first-order chi connectivity index (χ1) is 8.79. The van der Waals surface area contributed by atoms with Gasteiger partial charge >= 0.3 is 0 Å². The van der Waals surface area contributed by atoms with E-state index in [-0.39, 0.29) is 5.91 Å². The molecule has 5 nitrogen and oxygen atoms in total. The van der Waals surface area contributed by atoms with Gasteiger partial charge in [0.1, 0.15) is 11.5 Å². The number of nitrogens with one attached hydrogen (secondary N) is 2. The molecule has 0 atom stereocenters. The van der Waals surface area contributed by atoms with Crippen molar-refractivity contribution in [3.8, 4) is 0 Å². The Morgan fingerprint density at radius 2 is 2.17 bits per heavy atom. The fourth-order valence-electron chi connectivity index (χ4n) is 2.28. The van der Waals surface area contributed by atoms with Crippen LogP contribution in [0.5, 0.6) is 0 Å². The maximum atomic E-state index is 11.9. The van der Waals surface area contributed by atoms with E-state index in [1.807, 2.05) is 6.92 Å². The molecule has 0 spiro atoms. The summed E-state index contributed by atoms with van der Waals surface area (Å²) in [5.74, 6) is 1.15. The van der Waals surface area contributed by atoms with Gasteiger partial charge in [0.15, 0.2) is 0 Å². The van der Waals surface area contributed by atoms with Crippen LogP contribution in [-0.2, 0) is 0 Å². The number of rotatable bonds is 5. The Morgan fingerprint density at radius 3 is 2.89 bits per heavy atom. The molecule has 1 aromatic rings. The zero-order chi connectivity index (χ0) is 12.8. The molecule has 18 heavy (non-hydrogen) atoms. The van der Waals surface area contributed by atoms with Crippen LogP contribution in [0.3, 0.4) is 0 Å². The Kier molecular flexibility index (Phi) is 4.50. The van der Waals surface area contributed by atoms with Crippen LogP contribution in [0.1, 0.15) is 43.1 Å². The van der Waals surface area contributed by atoms with Crippen molar-refractivity contribution >= 4 is 11.7 Å². The average Bonchev–Trinajstić information content (AvgIpc) is 2.90. The van der Waals surface area contributed by atoms with Gasteiger partial charge in [-0.1, -0.05) is 12.8 Å². The van der Waals surface area contributed by atoms with Crippen LogP contribution >= 0.6 is 0 Å². The molecule has 2 N–H and O–H groups in total. The Balaban J connectivity index is 1.89. The van der Waals surface area contributed by atoms with Crippen LogP contribution in [0.2, 0.25) is 0 Å². The maximum absolute atomic E-state index is 11.9. The van der Waals surface area contributed by atoms with E-state index in [1.54, 1.807) is 6.20 Å². The lowest BCUT2D eigenvalue weighted by Gasteiger charge is -2.10. The molecule has 1 aromatic heterocycles. The molecule has 0 unspecified atom stereocenters. The summed E-state index contributed by atoms with van der Waals surface area (Å²) in [6.07, 6.45) is 8.15. The molecule has 1 aliphatic rings. The first-order valence-electron chi connectivity index (χ1n) is 6.63. The highest BCUT2D eigenvalue weighted by Crippen LogP contribution is 2.23. The van der Waals surface area contributed by atoms with Gasteiger partial charge in [-0.05, 0) is 25.7 Å². The van der Waals surface area contributed by atoms with Crippen molar-refractivity contribution in [1.29, 1.82) is 0 Å². The van der Waals surface area contributed by atoms with Crippen LogP contribution in [0.15, 0.2) is 12.4 Å². The molecule has 0 bridgehead atoms. The number of hydrogen-bond acceptors (Lipinski definition) is 4. The van der Waals surface area contributed by atoms with Crippen molar-refractivity contribution in [1.82, 2.24) is 15.3 Å². The molecule has 2 rings (SSSR count). The predicted molar refractivity (Wildman–Crippen MR) is 70.5 cm³/mol. The SMILES string of the molecule is CCNc1cncc(C(=O)NCC2CCCC2)n1. The molecule has 0 aliphatic heterocycles. The van der Waals surface area contributed by atoms with Gasteiger partial charge in [0.25, 0.3) is 5.91 Å². The maximum Gasteiger partial charge on any atom is 0.271 e. The normalized spacial score (nSPS) is 15.6. The van der Waals surface area contributed by atoms with Crippen molar-refractivity contribution < 1.29 is 4.79 Å². The third-order valence-corrected chi connectivity index (χ3v) is 3.25. The summed E-state index contributed by atoms with van der Waals surface area (Å²) in [5, 5.41) is 5.99. The summed E-state index contributed by atoms with van der Waals surface area (Å²) in [6.45, 7) is 3.50. The summed E-state index contributed by atoms with van der Waals surface area (Å²) in [7, 11) is 0. The molecule has 1 fully saturated rings. The Labute approximate surface area is 107 Å². The Hall–Kier alpha value is -1.65. The van der Waals surface area contributed by atoms with E-state index < -0.39 is 0 Å². The highest BCUT2D eigenvalue weighted by molar-refractivity contribution is 5.92. The zero-order valence-corrected chi connectivity index (χ0v) is 10.8. The minimum Gasteiger partial charge on any atom is -0.369 e. The summed E-state index contributed by atoms with van der Waals surface area (Å²) in [4.78, 5) is 20.2. The lowest BCUT2D eigenvalue weighted by Crippen LogP contribution is -2.29. The van der Waals surface area contributed by atoms with Gasteiger partial charge in [-0.2, -0.15) is 0 Å². The van der Waals surface area contributed by atoms with Crippen LogP contribution < -0.4 is 10.6 Å². The molecule has 0 aromatic carbocycles. The van der Waals surface area contributed by atoms with Crippen molar-refractivity contribution in [3.05, 3.63) is 18.1 Å². The standard InChI is InChI=1S/C13H20N4O/c1-2-15-12-9-14-8-11(17-12)13(18)16-7-10-5-3-4-6-10/h8-10H,2-7H2,1H3,(H,15,17)(H,16,18). The topological polar surface area (TPSA) is 66.9 Å². The van der Waals surface area contributed by atoms with Crippen molar-refractivity contribution in [2.75, 3.05) is 18.4 Å². The zero-order valence-electron chi connectivity index (χ0n) is 10.8. The van der Waals surface area contributed by atoms with Crippen molar-refractivity contribution in [3.63, 3.8) is 0 Å². The van der Waals surface area contributed by atoms with Crippen molar-refractivity contribution in [2.24, 2.45) is 5.92 Å². The van der Waals surface area contributed by atoms with Gasteiger partial charge in [0.2, 0.25) is 0 Å². The second kappa shape index (κ2) is 6.33. The van der Waals surface area contributed by atoms with Gasteiger partial charge in [0, 0.05) is 13.1 Å². The third kappa shape index (κ3) is 3.42. The second-order valence-corrected chi connectivity index (χ2v) is 4.68. The van der Waals surface area contributed by atoms with Gasteiger partial charge in [-0.3, -0.25) is 9.78 Å². The van der Waals surface area contributed by atoms with E-state index in [2.05, 4.69) is 20.6 Å². The number of carbonyl (C=O) groups is 1. The summed E-state index contributed by atoms with van der Waals surface area (Å²) in [5.41, 5.74) is 0.381. The smallest absolute Gasteiger partial charge is 0.271 e. The number of aromatic nitrogens is 2. The van der Waals surface area contributed by atoms with Crippen LogP contribution in [-0.4, -0.2) is 29.0 Å². The van der Waals surface area contributed by atoms with Gasteiger partial charge < -0.3 is 10.6 Å². The minimum absolute atomic E-state index is 0.130. The molecule has 1 amide bonds. The number of hydrogen-bond donors (Lipinski definition) is 2. The summed E-state index contributed by atoms with van der Waals surface area (Å²) >= 11 is 0. The van der Waals surface area contributed by atoms with E-state index >= 15 is 0 Å². The molecule has 1 aliphatic carbocycles. The summed E-state index contributed by atoms with van der Waals surface area (Å²) < 4.78 is 0. The molecule has 0 saturated heterocycles. The van der Waals surface area contributed by atoms with Crippen LogP contribution in [0.25, 0.3) is 0 Å². The molecule has 1 saturated carbocycles. The molecular weight excluding hydrogens is 228 g/mol. The predicted octanol–water partition coefficient (Wildman–Crippen LogP) is 1.83. The number of nitrogens with zero attached hydrogens (tertiary/aromatic N) is 2. The lowest BCUT2D eigenvalue weighted by atomic mass is 10.1. The minimum atomic E-state index is -0.130. The highest BCUT2D eigenvalue weighted by Gasteiger charge is 2.16. The quantitative estimate of drug-likeness (QED) is 0.834. The van der Waals surface area contributed by atoms with E-state index in [4.69, 9.17) is 0 Å². The fourth-order valence-corrected chi connectivity index (χ4v) is 2.28. The van der Waals surface area contributed by atoms with Gasteiger partial charge in [0.05, 0.1) is 12.4 Å². The van der Waals surface area contributed by atoms with E-state index in [9.17, 15) is 4.79 Å². The van der Waals surface area contributed by atoms with Gasteiger partial charge in [-0.25, -0.2) is 4.98 Å². The van der Waals surface area contributed by atoms with E-state index in [1.165, 1.54) is 31.9 Å². The highest BCUT2D eigenvalue weighted by atomic mass is 16.1. The molecule has 5 heteroatoms. The second-order valence-electron chi connectivity index (χ2n) is 4.68. The fraction of sp³-hybridized carbons (Fsp3) is 0.615.